The van der Waals surface area contributed by atoms with E-state index < -0.39 is 0 Å². The third kappa shape index (κ3) is 2.97. The van der Waals surface area contributed by atoms with E-state index in [9.17, 15) is 9.59 Å². The van der Waals surface area contributed by atoms with Crippen LogP contribution in [0, 0.1) is 34.5 Å². The van der Waals surface area contributed by atoms with Gasteiger partial charge >= 0.3 is 0 Å². The normalized spacial score (nSPS) is 46.6. The molecule has 0 aromatic carbocycles. The van der Waals surface area contributed by atoms with Gasteiger partial charge in [-0.2, -0.15) is 0 Å². The molecule has 0 aromatic heterocycles. The van der Waals surface area contributed by atoms with Crippen LogP contribution in [0.2, 0.25) is 0 Å². The molecule has 0 bridgehead atoms. The van der Waals surface area contributed by atoms with Crippen LogP contribution in [0.5, 0.6) is 0 Å². The van der Waals surface area contributed by atoms with Gasteiger partial charge in [-0.3, -0.25) is 9.59 Å². The Hall–Kier alpha value is -1.23. The summed E-state index contributed by atoms with van der Waals surface area (Å²) < 4.78 is 0. The van der Waals surface area contributed by atoms with Crippen molar-refractivity contribution < 1.29 is 14.4 Å². The van der Waals surface area contributed by atoms with Gasteiger partial charge in [0.2, 0.25) is 0 Å². The summed E-state index contributed by atoms with van der Waals surface area (Å²) in [7, 11) is 0. The van der Waals surface area contributed by atoms with E-state index in [4.69, 9.17) is 10.6 Å². The average Bonchev–Trinajstić information content (AvgIpc) is 2.91. The fourth-order valence-electron chi connectivity index (χ4n) is 6.95. The van der Waals surface area contributed by atoms with E-state index in [1.807, 2.05) is 6.92 Å². The first kappa shape index (κ1) is 19.1. The molecule has 0 radical (unpaired) electrons. The van der Waals surface area contributed by atoms with E-state index in [1.165, 1.54) is 0 Å². The maximum absolute atomic E-state index is 13.2. The summed E-state index contributed by atoms with van der Waals surface area (Å²) in [6.45, 7) is 6.82. The minimum absolute atomic E-state index is 0.0362. The molecule has 0 saturated heterocycles. The Bertz CT molecular complexity index is 672. The van der Waals surface area contributed by atoms with E-state index in [0.717, 1.165) is 44.2 Å². The number of carbonyl (C=O) groups is 2. The lowest BCUT2D eigenvalue weighted by atomic mass is 9.45. The molecule has 2 N–H and O–H groups in total. The van der Waals surface area contributed by atoms with E-state index in [2.05, 4.69) is 19.0 Å². The van der Waals surface area contributed by atoms with Crippen LogP contribution >= 0.6 is 0 Å². The molecule has 4 aliphatic carbocycles. The van der Waals surface area contributed by atoms with Crippen LogP contribution in [0.1, 0.15) is 72.1 Å². The first-order valence-electron chi connectivity index (χ1n) is 10.7. The molecule has 0 aliphatic heterocycles. The zero-order valence-electron chi connectivity index (χ0n) is 17.0. The molecule has 4 aliphatic rings. The number of nitrogens with zero attached hydrogens (tertiary/aromatic N) is 1. The number of oxime groups is 1. The van der Waals surface area contributed by atoms with Gasteiger partial charge in [0.25, 0.3) is 0 Å². The van der Waals surface area contributed by atoms with Crippen molar-refractivity contribution in [3.8, 4) is 0 Å². The fourth-order valence-corrected chi connectivity index (χ4v) is 6.95. The zero-order chi connectivity index (χ0) is 19.4. The third-order valence-corrected chi connectivity index (χ3v) is 8.54. The summed E-state index contributed by atoms with van der Waals surface area (Å²) in [6, 6.07) is -0.0362. The summed E-state index contributed by atoms with van der Waals surface area (Å²) in [5.74, 6) is 2.27. The van der Waals surface area contributed by atoms with Crippen LogP contribution in [-0.2, 0) is 14.4 Å². The number of carbonyl (C=O) groups excluding carboxylic acids is 2. The third-order valence-electron chi connectivity index (χ3n) is 8.54. The quantitative estimate of drug-likeness (QED) is 0.767. The number of hydrogen-bond acceptors (Lipinski definition) is 5. The summed E-state index contributed by atoms with van der Waals surface area (Å²) in [6.07, 6.45) is 7.11. The molecule has 5 nitrogen and oxygen atoms in total. The first-order valence-corrected chi connectivity index (χ1v) is 10.7. The molecule has 0 aromatic rings. The molecular weight excluding hydrogens is 340 g/mol. The molecule has 5 heteroatoms. The lowest BCUT2D eigenvalue weighted by Gasteiger charge is -2.58. The lowest BCUT2D eigenvalue weighted by molar-refractivity contribution is -0.152. The zero-order valence-corrected chi connectivity index (χ0v) is 17.0. The molecule has 0 amide bonds. The van der Waals surface area contributed by atoms with Gasteiger partial charge in [0, 0.05) is 30.2 Å². The Morgan fingerprint density at radius 2 is 1.93 bits per heavy atom. The molecule has 0 heterocycles. The van der Waals surface area contributed by atoms with Crippen molar-refractivity contribution in [1.29, 1.82) is 0 Å². The number of fused-ring (bicyclic) bond motifs is 5. The van der Waals surface area contributed by atoms with Crippen molar-refractivity contribution in [1.82, 2.24) is 0 Å². The highest BCUT2D eigenvalue weighted by Crippen LogP contribution is 2.64. The molecular formula is C22H34N2O3. The molecule has 27 heavy (non-hydrogen) atoms. The maximum Gasteiger partial charge on any atom is 0.139 e. The Morgan fingerprint density at radius 1 is 1.15 bits per heavy atom. The number of rotatable bonds is 3. The van der Waals surface area contributed by atoms with Crippen LogP contribution in [0.15, 0.2) is 5.16 Å². The highest BCUT2D eigenvalue weighted by atomic mass is 16.6. The molecule has 7 atom stereocenters. The maximum atomic E-state index is 13.2. The smallest absolute Gasteiger partial charge is 0.139 e. The topological polar surface area (TPSA) is 81.8 Å². The minimum atomic E-state index is -0.168. The largest absolute Gasteiger partial charge is 0.394 e. The summed E-state index contributed by atoms with van der Waals surface area (Å²) in [4.78, 5) is 31.1. The van der Waals surface area contributed by atoms with Crippen LogP contribution < -0.4 is 5.73 Å². The minimum Gasteiger partial charge on any atom is -0.394 e. The molecule has 4 saturated carbocycles. The van der Waals surface area contributed by atoms with Crippen molar-refractivity contribution in [2.45, 2.75) is 78.2 Å². The Morgan fingerprint density at radius 3 is 2.67 bits per heavy atom. The lowest BCUT2D eigenvalue weighted by Crippen LogP contribution is -2.56. The molecule has 4 fully saturated rings. The van der Waals surface area contributed by atoms with Gasteiger partial charge in [0.15, 0.2) is 0 Å². The van der Waals surface area contributed by atoms with Crippen LogP contribution in [0.25, 0.3) is 0 Å². The summed E-state index contributed by atoms with van der Waals surface area (Å²) in [5.41, 5.74) is 6.62. The number of Topliss-reactive ketones (excluding diaryl/α,β-unsaturated/α-hetero) is 2. The Labute approximate surface area is 162 Å². The van der Waals surface area contributed by atoms with Crippen LogP contribution in [-0.4, -0.2) is 29.9 Å². The monoisotopic (exact) mass is 374 g/mol. The predicted octanol–water partition coefficient (Wildman–Crippen LogP) is 3.50. The second-order valence-electron chi connectivity index (χ2n) is 10.2. The van der Waals surface area contributed by atoms with E-state index >= 15 is 0 Å². The standard InChI is InChI=1S/C22H34N2O3/c1-13(23)12-27-24-14-6-8-21(2)17-7-9-22(3)16(4-5-20(22)26)15(17)11-19(25)18(21)10-14/h13,15-18H,4-12,23H2,1-3H3/b24-14-/t13-,15-,16-,17-,18+,21+,22-/m0/s1. The van der Waals surface area contributed by atoms with E-state index in [0.29, 0.717) is 48.8 Å². The number of ketones is 2. The van der Waals surface area contributed by atoms with Crippen LogP contribution in [0.4, 0.5) is 0 Å². The molecule has 150 valence electrons. The van der Waals surface area contributed by atoms with Gasteiger partial charge in [-0.15, -0.1) is 0 Å². The summed E-state index contributed by atoms with van der Waals surface area (Å²) in [5, 5.41) is 4.30. The van der Waals surface area contributed by atoms with Gasteiger partial charge in [-0.05, 0) is 68.6 Å². The van der Waals surface area contributed by atoms with Crippen molar-refractivity contribution in [3.63, 3.8) is 0 Å². The predicted molar refractivity (Wildman–Crippen MR) is 104 cm³/mol. The van der Waals surface area contributed by atoms with Crippen molar-refractivity contribution in [3.05, 3.63) is 0 Å². The SMILES string of the molecule is C[C@H](N)CO/N=C1/CC[C@@]2(C)[C@H](C1)C(=O)C[C@@H]1[C@@H]2CC[C@]2(C)C(=O)CC[C@@H]12. The van der Waals surface area contributed by atoms with Crippen LogP contribution in [0.3, 0.4) is 0 Å². The Kier molecular flexibility index (Phi) is 4.73. The summed E-state index contributed by atoms with van der Waals surface area (Å²) >= 11 is 0. The van der Waals surface area contributed by atoms with E-state index in [1.54, 1.807) is 0 Å². The first-order chi connectivity index (χ1) is 12.8. The Balaban J connectivity index is 1.54. The fraction of sp³-hybridized carbons (Fsp3) is 0.864. The van der Waals surface area contributed by atoms with Crippen molar-refractivity contribution in [2.24, 2.45) is 45.4 Å². The van der Waals surface area contributed by atoms with Crippen molar-refractivity contribution >= 4 is 17.3 Å². The second-order valence-corrected chi connectivity index (χ2v) is 10.2. The van der Waals surface area contributed by atoms with Gasteiger partial charge in [0.1, 0.15) is 18.2 Å². The van der Waals surface area contributed by atoms with Gasteiger partial charge in [-0.1, -0.05) is 19.0 Å². The van der Waals surface area contributed by atoms with Gasteiger partial charge < -0.3 is 10.6 Å². The molecule has 0 spiro atoms. The number of hydrogen-bond donors (Lipinski definition) is 1. The molecule has 0 unspecified atom stereocenters. The van der Waals surface area contributed by atoms with Gasteiger partial charge in [-0.25, -0.2) is 0 Å². The highest BCUT2D eigenvalue weighted by molar-refractivity contribution is 5.93. The van der Waals surface area contributed by atoms with Gasteiger partial charge in [0.05, 0.1) is 5.71 Å². The second kappa shape index (κ2) is 6.68. The molecule has 4 rings (SSSR count). The van der Waals surface area contributed by atoms with E-state index in [-0.39, 0.29) is 22.8 Å². The average molecular weight is 375 g/mol. The van der Waals surface area contributed by atoms with Crippen molar-refractivity contribution in [2.75, 3.05) is 6.61 Å². The highest BCUT2D eigenvalue weighted by Gasteiger charge is 2.62. The number of nitrogens with two attached hydrogens (primary N) is 1.